The van der Waals surface area contributed by atoms with Crippen LogP contribution in [-0.2, 0) is 0 Å². The van der Waals surface area contributed by atoms with E-state index in [1.165, 1.54) is 9.13 Å². The van der Waals surface area contributed by atoms with Crippen LogP contribution in [-0.4, -0.2) is 9.55 Å². The molecule has 0 saturated heterocycles. The van der Waals surface area contributed by atoms with E-state index in [1.54, 1.807) is 0 Å². The highest BCUT2D eigenvalue weighted by Crippen LogP contribution is 2.23. The first-order valence-electron chi connectivity index (χ1n) is 5.51. The highest BCUT2D eigenvalue weighted by Gasteiger charge is 2.09. The molecule has 84 valence electrons. The summed E-state index contributed by atoms with van der Waals surface area (Å²) in [6.45, 7) is 4.42. The lowest BCUT2D eigenvalue weighted by molar-refractivity contribution is 0.536. The van der Waals surface area contributed by atoms with E-state index in [2.05, 4.69) is 76.5 Å². The van der Waals surface area contributed by atoms with Crippen LogP contribution in [0, 0.1) is 3.57 Å². The van der Waals surface area contributed by atoms with Crippen LogP contribution in [0.2, 0.25) is 0 Å². The van der Waals surface area contributed by atoms with Gasteiger partial charge in [-0.1, -0.05) is 19.1 Å². The fourth-order valence-electron chi connectivity index (χ4n) is 1.72. The van der Waals surface area contributed by atoms with Gasteiger partial charge in [0.05, 0.1) is 0 Å². The second-order valence-electron chi connectivity index (χ2n) is 3.93. The molecule has 0 saturated carbocycles. The predicted octanol–water partition coefficient (Wildman–Crippen LogP) is 4.13. The fraction of sp³-hybridized carbons (Fsp3) is 0.308. The number of rotatable bonds is 3. The van der Waals surface area contributed by atoms with Gasteiger partial charge in [0.25, 0.3) is 0 Å². The molecular weight excluding hydrogens is 311 g/mol. The zero-order valence-corrected chi connectivity index (χ0v) is 11.7. The molecule has 0 aliphatic rings. The van der Waals surface area contributed by atoms with Gasteiger partial charge in [-0.3, -0.25) is 0 Å². The standard InChI is InChI=1S/C13H15IN2/c1-3-10(2)16-8-7-15-13(16)11-5-4-6-12(14)9-11/h4-10H,3H2,1-2H3. The van der Waals surface area contributed by atoms with E-state index < -0.39 is 0 Å². The maximum absolute atomic E-state index is 4.46. The third kappa shape index (κ3) is 2.29. The van der Waals surface area contributed by atoms with Crippen molar-refractivity contribution in [2.24, 2.45) is 0 Å². The molecule has 1 aromatic heterocycles. The van der Waals surface area contributed by atoms with Gasteiger partial charge in [0.1, 0.15) is 5.82 Å². The van der Waals surface area contributed by atoms with E-state index in [0.717, 1.165) is 12.2 Å². The summed E-state index contributed by atoms with van der Waals surface area (Å²) >= 11 is 2.33. The first kappa shape index (κ1) is 11.6. The summed E-state index contributed by atoms with van der Waals surface area (Å²) < 4.78 is 3.49. The van der Waals surface area contributed by atoms with Crippen molar-refractivity contribution in [2.75, 3.05) is 0 Å². The average Bonchev–Trinajstić information content (AvgIpc) is 2.77. The van der Waals surface area contributed by atoms with Gasteiger partial charge in [-0.25, -0.2) is 4.98 Å². The summed E-state index contributed by atoms with van der Waals surface area (Å²) in [5.41, 5.74) is 1.19. The van der Waals surface area contributed by atoms with Crippen LogP contribution in [0.4, 0.5) is 0 Å². The van der Waals surface area contributed by atoms with Crippen molar-refractivity contribution in [1.82, 2.24) is 9.55 Å². The summed E-state index contributed by atoms with van der Waals surface area (Å²) in [4.78, 5) is 4.46. The van der Waals surface area contributed by atoms with Crippen molar-refractivity contribution in [3.8, 4) is 11.4 Å². The van der Waals surface area contributed by atoms with Gasteiger partial charge < -0.3 is 4.57 Å². The van der Waals surface area contributed by atoms with E-state index in [1.807, 2.05) is 6.20 Å². The zero-order chi connectivity index (χ0) is 11.5. The Morgan fingerprint density at radius 2 is 2.25 bits per heavy atom. The maximum Gasteiger partial charge on any atom is 0.140 e. The molecule has 1 atom stereocenters. The van der Waals surface area contributed by atoms with Crippen molar-refractivity contribution in [3.05, 3.63) is 40.2 Å². The number of nitrogens with zero attached hydrogens (tertiary/aromatic N) is 2. The molecule has 2 rings (SSSR count). The summed E-state index contributed by atoms with van der Waals surface area (Å²) in [6, 6.07) is 8.95. The topological polar surface area (TPSA) is 17.8 Å². The maximum atomic E-state index is 4.46. The summed E-state index contributed by atoms with van der Waals surface area (Å²) in [7, 11) is 0. The van der Waals surface area contributed by atoms with Crippen LogP contribution < -0.4 is 0 Å². The number of halogens is 1. The van der Waals surface area contributed by atoms with Crippen molar-refractivity contribution in [2.45, 2.75) is 26.3 Å². The van der Waals surface area contributed by atoms with E-state index >= 15 is 0 Å². The van der Waals surface area contributed by atoms with Gasteiger partial charge in [0, 0.05) is 27.6 Å². The molecule has 1 heterocycles. The van der Waals surface area contributed by atoms with Crippen LogP contribution >= 0.6 is 22.6 Å². The number of imidazole rings is 1. The second kappa shape index (κ2) is 4.99. The minimum Gasteiger partial charge on any atom is -0.328 e. The molecule has 0 N–H and O–H groups in total. The fourth-order valence-corrected chi connectivity index (χ4v) is 2.26. The van der Waals surface area contributed by atoms with Crippen molar-refractivity contribution in [3.63, 3.8) is 0 Å². The van der Waals surface area contributed by atoms with E-state index in [0.29, 0.717) is 6.04 Å². The SMILES string of the molecule is CCC(C)n1ccnc1-c1cccc(I)c1. The third-order valence-electron chi connectivity index (χ3n) is 2.82. The number of hydrogen-bond acceptors (Lipinski definition) is 1. The molecule has 0 aliphatic carbocycles. The largest absolute Gasteiger partial charge is 0.328 e. The monoisotopic (exact) mass is 326 g/mol. The Morgan fingerprint density at radius 1 is 1.44 bits per heavy atom. The number of aromatic nitrogens is 2. The molecule has 0 aliphatic heterocycles. The Hall–Kier alpha value is -0.840. The van der Waals surface area contributed by atoms with Crippen molar-refractivity contribution >= 4 is 22.6 Å². The number of benzene rings is 1. The van der Waals surface area contributed by atoms with Gasteiger partial charge in [-0.2, -0.15) is 0 Å². The third-order valence-corrected chi connectivity index (χ3v) is 3.49. The molecule has 2 aromatic rings. The highest BCUT2D eigenvalue weighted by molar-refractivity contribution is 14.1. The Kier molecular flexibility index (Phi) is 3.63. The average molecular weight is 326 g/mol. The normalized spacial score (nSPS) is 12.7. The highest BCUT2D eigenvalue weighted by atomic mass is 127. The van der Waals surface area contributed by atoms with E-state index in [4.69, 9.17) is 0 Å². The molecule has 3 heteroatoms. The predicted molar refractivity (Wildman–Crippen MR) is 75.4 cm³/mol. The van der Waals surface area contributed by atoms with Crippen molar-refractivity contribution < 1.29 is 0 Å². The van der Waals surface area contributed by atoms with Gasteiger partial charge in [-0.05, 0) is 48.1 Å². The molecule has 0 radical (unpaired) electrons. The lowest BCUT2D eigenvalue weighted by Crippen LogP contribution is -2.04. The molecule has 2 nitrogen and oxygen atoms in total. The van der Waals surface area contributed by atoms with Crippen molar-refractivity contribution in [1.29, 1.82) is 0 Å². The Bertz CT molecular complexity index is 476. The van der Waals surface area contributed by atoms with Crippen LogP contribution in [0.3, 0.4) is 0 Å². The summed E-state index contributed by atoms with van der Waals surface area (Å²) in [5.74, 6) is 1.06. The van der Waals surface area contributed by atoms with Crippen LogP contribution in [0.25, 0.3) is 11.4 Å². The summed E-state index contributed by atoms with van der Waals surface area (Å²) in [6.07, 6.45) is 5.05. The van der Waals surface area contributed by atoms with Crippen LogP contribution in [0.1, 0.15) is 26.3 Å². The molecule has 0 amide bonds. The van der Waals surface area contributed by atoms with Crippen LogP contribution in [0.15, 0.2) is 36.7 Å². The molecule has 0 spiro atoms. The number of hydrogen-bond donors (Lipinski definition) is 0. The molecule has 16 heavy (non-hydrogen) atoms. The smallest absolute Gasteiger partial charge is 0.140 e. The Balaban J connectivity index is 2.44. The van der Waals surface area contributed by atoms with Gasteiger partial charge >= 0.3 is 0 Å². The lowest BCUT2D eigenvalue weighted by atomic mass is 10.2. The van der Waals surface area contributed by atoms with E-state index in [-0.39, 0.29) is 0 Å². The minimum absolute atomic E-state index is 0.496. The van der Waals surface area contributed by atoms with E-state index in [9.17, 15) is 0 Å². The zero-order valence-electron chi connectivity index (χ0n) is 9.52. The Morgan fingerprint density at radius 3 is 2.94 bits per heavy atom. The second-order valence-corrected chi connectivity index (χ2v) is 5.17. The molecule has 1 aromatic carbocycles. The first-order chi connectivity index (χ1) is 7.72. The van der Waals surface area contributed by atoms with Gasteiger partial charge in [-0.15, -0.1) is 0 Å². The van der Waals surface area contributed by atoms with Gasteiger partial charge in [0.15, 0.2) is 0 Å². The quantitative estimate of drug-likeness (QED) is 0.776. The minimum atomic E-state index is 0.496. The Labute approximate surface area is 110 Å². The molecule has 1 unspecified atom stereocenters. The molecular formula is C13H15IN2. The van der Waals surface area contributed by atoms with Crippen LogP contribution in [0.5, 0.6) is 0 Å². The first-order valence-corrected chi connectivity index (χ1v) is 6.59. The van der Waals surface area contributed by atoms with Gasteiger partial charge in [0.2, 0.25) is 0 Å². The molecule has 0 bridgehead atoms. The summed E-state index contributed by atoms with van der Waals surface area (Å²) in [5, 5.41) is 0. The lowest BCUT2D eigenvalue weighted by Gasteiger charge is -2.14. The molecule has 0 fully saturated rings.